The molecule has 0 aromatic rings. The first-order chi connectivity index (χ1) is 4.75. The molecule has 0 bridgehead atoms. The van der Waals surface area contributed by atoms with E-state index in [9.17, 15) is 0 Å². The Morgan fingerprint density at radius 3 is 2.70 bits per heavy atom. The van der Waals surface area contributed by atoms with Gasteiger partial charge in [0.25, 0.3) is 0 Å². The Kier molecular flexibility index (Phi) is 2.58. The average Bonchev–Trinajstić information content (AvgIpc) is 2.34. The van der Waals surface area contributed by atoms with Gasteiger partial charge in [-0.1, -0.05) is 0 Å². The quantitative estimate of drug-likeness (QED) is 0.291. The van der Waals surface area contributed by atoms with Gasteiger partial charge >= 0.3 is 0 Å². The van der Waals surface area contributed by atoms with Crippen LogP contribution in [0.2, 0.25) is 0 Å². The van der Waals surface area contributed by atoms with Crippen LogP contribution in [0.1, 0.15) is 0 Å². The summed E-state index contributed by atoms with van der Waals surface area (Å²) in [7, 11) is 0. The number of hydrogen-bond donors (Lipinski definition) is 5. The van der Waals surface area contributed by atoms with E-state index in [2.05, 4.69) is 10.9 Å². The number of hydrazine groups is 1. The smallest absolute Gasteiger partial charge is 0.0962 e. The van der Waals surface area contributed by atoms with E-state index in [0.717, 1.165) is 0 Å². The lowest BCUT2D eigenvalue weighted by Crippen LogP contribution is -2.45. The number of rotatable bonds is 2. The highest BCUT2D eigenvalue weighted by Gasteiger charge is 2.30. The minimum atomic E-state index is -0.898. The standard InChI is InChI=1S/C5H12N2O3/c8-2-4(10)5-3(9)1-6-7-5/h3-10H,1-2H2/t3-,4?,5-/m0/s1. The predicted molar refractivity (Wildman–Crippen MR) is 34.0 cm³/mol. The summed E-state index contributed by atoms with van der Waals surface area (Å²) in [6.07, 6.45) is -1.52. The van der Waals surface area contributed by atoms with Crippen molar-refractivity contribution in [1.82, 2.24) is 10.9 Å². The summed E-state index contributed by atoms with van der Waals surface area (Å²) in [6, 6.07) is -0.454. The molecule has 0 aromatic heterocycles. The minimum absolute atomic E-state index is 0.337. The molecule has 5 N–H and O–H groups in total. The fourth-order valence-corrected chi connectivity index (χ4v) is 0.971. The second-order valence-electron chi connectivity index (χ2n) is 2.37. The molecule has 0 radical (unpaired) electrons. The van der Waals surface area contributed by atoms with Crippen molar-refractivity contribution in [2.75, 3.05) is 13.2 Å². The second-order valence-corrected chi connectivity index (χ2v) is 2.37. The molecule has 5 nitrogen and oxygen atoms in total. The number of hydrogen-bond acceptors (Lipinski definition) is 5. The van der Waals surface area contributed by atoms with E-state index in [4.69, 9.17) is 15.3 Å². The maximum absolute atomic E-state index is 9.09. The van der Waals surface area contributed by atoms with Crippen LogP contribution in [-0.4, -0.2) is 46.7 Å². The van der Waals surface area contributed by atoms with E-state index >= 15 is 0 Å². The average molecular weight is 148 g/mol. The third-order valence-electron chi connectivity index (χ3n) is 1.60. The Balaban J connectivity index is 2.38. The number of aliphatic hydroxyl groups is 3. The molecule has 1 heterocycles. The van der Waals surface area contributed by atoms with Crippen molar-refractivity contribution in [1.29, 1.82) is 0 Å². The first-order valence-electron chi connectivity index (χ1n) is 3.21. The molecular weight excluding hydrogens is 136 g/mol. The van der Waals surface area contributed by atoms with Crippen molar-refractivity contribution in [2.45, 2.75) is 18.2 Å². The number of β-amino-alcohol motifs (C(OH)–C–C–N with tert-alkyl or cyclic N) is 1. The number of nitrogens with one attached hydrogen (secondary N) is 2. The highest BCUT2D eigenvalue weighted by Crippen LogP contribution is 2.02. The predicted octanol–water partition coefficient (Wildman–Crippen LogP) is -2.82. The molecule has 0 saturated carbocycles. The molecule has 5 heteroatoms. The maximum Gasteiger partial charge on any atom is 0.0962 e. The molecule has 1 rings (SSSR count). The van der Waals surface area contributed by atoms with E-state index in [1.807, 2.05) is 0 Å². The van der Waals surface area contributed by atoms with Crippen LogP contribution in [0, 0.1) is 0 Å². The largest absolute Gasteiger partial charge is 0.394 e. The van der Waals surface area contributed by atoms with Gasteiger partial charge in [0.15, 0.2) is 0 Å². The van der Waals surface area contributed by atoms with Crippen molar-refractivity contribution < 1.29 is 15.3 Å². The zero-order valence-electron chi connectivity index (χ0n) is 5.49. The van der Waals surface area contributed by atoms with Gasteiger partial charge in [-0.05, 0) is 0 Å². The number of aliphatic hydroxyl groups excluding tert-OH is 3. The summed E-state index contributed by atoms with van der Waals surface area (Å²) in [5, 5.41) is 26.6. The lowest BCUT2D eigenvalue weighted by atomic mass is 10.1. The van der Waals surface area contributed by atoms with Crippen LogP contribution in [0.4, 0.5) is 0 Å². The molecule has 1 aliphatic rings. The molecular formula is C5H12N2O3. The molecule has 1 fully saturated rings. The molecule has 0 spiro atoms. The van der Waals surface area contributed by atoms with Crippen LogP contribution in [0.15, 0.2) is 0 Å². The topological polar surface area (TPSA) is 84.8 Å². The van der Waals surface area contributed by atoms with E-state index in [1.54, 1.807) is 0 Å². The van der Waals surface area contributed by atoms with E-state index in [-0.39, 0.29) is 6.61 Å². The summed E-state index contributed by atoms with van der Waals surface area (Å²) < 4.78 is 0. The molecule has 1 aliphatic heterocycles. The molecule has 1 unspecified atom stereocenters. The lowest BCUT2D eigenvalue weighted by molar-refractivity contribution is 0.0279. The minimum Gasteiger partial charge on any atom is -0.394 e. The normalized spacial score (nSPS) is 36.3. The third-order valence-corrected chi connectivity index (χ3v) is 1.60. The lowest BCUT2D eigenvalue weighted by Gasteiger charge is -2.17. The van der Waals surface area contributed by atoms with Gasteiger partial charge < -0.3 is 15.3 Å². The maximum atomic E-state index is 9.09. The Hall–Kier alpha value is -0.200. The fraction of sp³-hybridized carbons (Fsp3) is 1.00. The van der Waals surface area contributed by atoms with Gasteiger partial charge in [-0.15, -0.1) is 0 Å². The second kappa shape index (κ2) is 3.27. The molecule has 10 heavy (non-hydrogen) atoms. The summed E-state index contributed by atoms with van der Waals surface area (Å²) in [6.45, 7) is 0.0676. The van der Waals surface area contributed by atoms with Crippen molar-refractivity contribution in [2.24, 2.45) is 0 Å². The Morgan fingerprint density at radius 1 is 1.60 bits per heavy atom. The van der Waals surface area contributed by atoms with Gasteiger partial charge in [-0.3, -0.25) is 5.43 Å². The molecule has 3 atom stereocenters. The van der Waals surface area contributed by atoms with Crippen LogP contribution >= 0.6 is 0 Å². The highest BCUT2D eigenvalue weighted by molar-refractivity contribution is 4.86. The third kappa shape index (κ3) is 1.44. The Labute approximate surface area is 58.6 Å². The van der Waals surface area contributed by atoms with Crippen molar-refractivity contribution >= 4 is 0 Å². The monoisotopic (exact) mass is 148 g/mol. The molecule has 0 aromatic carbocycles. The molecule has 1 saturated heterocycles. The van der Waals surface area contributed by atoms with Gasteiger partial charge in [-0.2, -0.15) is 0 Å². The van der Waals surface area contributed by atoms with Gasteiger partial charge in [-0.25, -0.2) is 5.43 Å². The Morgan fingerprint density at radius 2 is 2.30 bits per heavy atom. The van der Waals surface area contributed by atoms with E-state index in [0.29, 0.717) is 6.54 Å². The summed E-state index contributed by atoms with van der Waals surface area (Å²) in [4.78, 5) is 0. The molecule has 60 valence electrons. The molecule has 0 aliphatic carbocycles. The summed E-state index contributed by atoms with van der Waals surface area (Å²) in [5.74, 6) is 0. The van der Waals surface area contributed by atoms with E-state index < -0.39 is 18.2 Å². The zero-order valence-corrected chi connectivity index (χ0v) is 5.49. The van der Waals surface area contributed by atoms with Crippen LogP contribution in [-0.2, 0) is 0 Å². The van der Waals surface area contributed by atoms with Crippen molar-refractivity contribution in [3.8, 4) is 0 Å². The van der Waals surface area contributed by atoms with E-state index in [1.165, 1.54) is 0 Å². The highest BCUT2D eigenvalue weighted by atomic mass is 16.3. The zero-order chi connectivity index (χ0) is 7.56. The van der Waals surface area contributed by atoms with Gasteiger partial charge in [0.1, 0.15) is 0 Å². The van der Waals surface area contributed by atoms with Gasteiger partial charge in [0.2, 0.25) is 0 Å². The first-order valence-corrected chi connectivity index (χ1v) is 3.21. The van der Waals surface area contributed by atoms with Gasteiger partial charge in [0, 0.05) is 6.54 Å². The summed E-state index contributed by atoms with van der Waals surface area (Å²) >= 11 is 0. The Bertz CT molecular complexity index is 111. The van der Waals surface area contributed by atoms with Crippen molar-refractivity contribution in [3.63, 3.8) is 0 Å². The fourth-order valence-electron chi connectivity index (χ4n) is 0.971. The SMILES string of the molecule is OCC(O)[C@H]1NNC[C@@H]1O. The van der Waals surface area contributed by atoms with Crippen LogP contribution in [0.25, 0.3) is 0 Å². The van der Waals surface area contributed by atoms with Crippen LogP contribution in [0.5, 0.6) is 0 Å². The first kappa shape index (κ1) is 7.90. The van der Waals surface area contributed by atoms with Crippen LogP contribution in [0.3, 0.4) is 0 Å². The van der Waals surface area contributed by atoms with Crippen LogP contribution < -0.4 is 10.9 Å². The summed E-state index contributed by atoms with van der Waals surface area (Å²) in [5.41, 5.74) is 5.31. The molecule has 0 amide bonds. The van der Waals surface area contributed by atoms with Crippen molar-refractivity contribution in [3.05, 3.63) is 0 Å². The van der Waals surface area contributed by atoms with Gasteiger partial charge in [0.05, 0.1) is 24.9 Å².